The number of aliphatic imine (C=N–C) groups is 1. The summed E-state index contributed by atoms with van der Waals surface area (Å²) in [6.07, 6.45) is 44.3. The minimum absolute atomic E-state index is 0.00860. The summed E-state index contributed by atoms with van der Waals surface area (Å²) in [5.41, 5.74) is 1.07. The van der Waals surface area contributed by atoms with Crippen LogP contribution in [0.5, 0.6) is 0 Å². The molecule has 0 spiro atoms. The number of aryl methyl sites for hydroxylation is 1. The van der Waals surface area contributed by atoms with Gasteiger partial charge in [0.05, 0.1) is 5.69 Å². The van der Waals surface area contributed by atoms with Crippen LogP contribution in [0.25, 0.3) is 0 Å². The largest absolute Gasteiger partial charge is 0.462 e. The van der Waals surface area contributed by atoms with Crippen molar-refractivity contribution in [1.82, 2.24) is 14.9 Å². The van der Waals surface area contributed by atoms with Crippen LogP contribution < -0.4 is 10.9 Å². The van der Waals surface area contributed by atoms with E-state index >= 15 is 0 Å². The summed E-state index contributed by atoms with van der Waals surface area (Å²) in [6.45, 7) is 12.8. The maximum atomic E-state index is 12.9. The van der Waals surface area contributed by atoms with Crippen LogP contribution in [0.15, 0.2) is 9.79 Å². The predicted molar refractivity (Wildman–Crippen MR) is 275 cm³/mol. The monoisotopic (exact) mass is 912 g/mol. The molecule has 1 aromatic heterocycles. The van der Waals surface area contributed by atoms with E-state index < -0.39 is 0 Å². The Morgan fingerprint density at radius 3 is 1.57 bits per heavy atom. The first-order valence-corrected chi connectivity index (χ1v) is 27.9. The summed E-state index contributed by atoms with van der Waals surface area (Å²) in [6, 6.07) is 0. The molecule has 2 rings (SSSR count). The number of aromatic nitrogens is 2. The van der Waals surface area contributed by atoms with Crippen LogP contribution in [0.1, 0.15) is 271 Å². The molecule has 0 radical (unpaired) electrons. The number of esters is 2. The van der Waals surface area contributed by atoms with Gasteiger partial charge in [-0.05, 0) is 116 Å². The quantitative estimate of drug-likeness (QED) is 0.0489. The van der Waals surface area contributed by atoms with Crippen molar-refractivity contribution in [3.05, 3.63) is 16.0 Å². The molecule has 1 unspecified atom stereocenters. The second-order valence-corrected chi connectivity index (χ2v) is 19.4. The Morgan fingerprint density at radius 1 is 0.600 bits per heavy atom. The van der Waals surface area contributed by atoms with E-state index in [0.717, 1.165) is 147 Å². The molecule has 0 bridgehead atoms. The number of carbonyl (C=O) groups is 2. The standard InChI is InChI=1S/C55H101N5O5/c1-5-9-12-15-20-27-37-48(8-4)64-51(61)41-30-23-18-25-34-45-60(47-36-44-57-55-58-50-40-32-33-43-56-53(50)54(63)59-55)46-35-26-19-24-31-42-52(62)65-49(38-28-21-16-13-10-6-2)39-29-22-17-14-11-7-3/h43,48-49H,5-42,44-47H2,1-4H3,(H2,57,58,59,63). The molecule has 0 amide bonds. The van der Waals surface area contributed by atoms with E-state index in [1.54, 1.807) is 0 Å². The van der Waals surface area contributed by atoms with Gasteiger partial charge in [0.25, 0.3) is 5.56 Å². The summed E-state index contributed by atoms with van der Waals surface area (Å²) in [5.74, 6) is 0.529. The average Bonchev–Trinajstić information content (AvgIpc) is 3.55. The number of carbonyl (C=O) groups excluding carboxylic acids is 2. The first-order chi connectivity index (χ1) is 31.9. The molecule has 0 aromatic carbocycles. The lowest BCUT2D eigenvalue weighted by Crippen LogP contribution is -2.29. The van der Waals surface area contributed by atoms with Crippen molar-refractivity contribution in [2.45, 2.75) is 284 Å². The van der Waals surface area contributed by atoms with Crippen LogP contribution >= 0.6 is 0 Å². The Labute approximate surface area is 398 Å². The molecule has 1 aliphatic heterocycles. The Balaban J connectivity index is 1.73. The molecule has 0 saturated carbocycles. The number of hydrogen-bond acceptors (Lipinski definition) is 9. The molecule has 0 saturated heterocycles. The summed E-state index contributed by atoms with van der Waals surface area (Å²) in [5, 5.41) is 3.37. The number of fused-ring (bicyclic) bond motifs is 1. The van der Waals surface area contributed by atoms with Crippen molar-refractivity contribution in [3.8, 4) is 0 Å². The molecule has 10 nitrogen and oxygen atoms in total. The van der Waals surface area contributed by atoms with E-state index in [4.69, 9.17) is 14.5 Å². The number of H-pyrrole nitrogens is 1. The fourth-order valence-electron chi connectivity index (χ4n) is 9.09. The third kappa shape index (κ3) is 31.8. The predicted octanol–water partition coefficient (Wildman–Crippen LogP) is 15.1. The van der Waals surface area contributed by atoms with Gasteiger partial charge in [-0.3, -0.25) is 24.4 Å². The molecule has 65 heavy (non-hydrogen) atoms. The molecule has 2 N–H and O–H groups in total. The topological polar surface area (TPSA) is 126 Å². The smallest absolute Gasteiger partial charge is 0.306 e. The van der Waals surface area contributed by atoms with Gasteiger partial charge in [-0.15, -0.1) is 0 Å². The van der Waals surface area contributed by atoms with E-state index in [9.17, 15) is 14.4 Å². The molecule has 1 aliphatic rings. The van der Waals surface area contributed by atoms with Gasteiger partial charge in [-0.2, -0.15) is 0 Å². The van der Waals surface area contributed by atoms with E-state index in [1.807, 2.05) is 6.21 Å². The van der Waals surface area contributed by atoms with E-state index in [1.165, 1.54) is 116 Å². The van der Waals surface area contributed by atoms with Gasteiger partial charge in [0.15, 0.2) is 0 Å². The number of anilines is 1. The van der Waals surface area contributed by atoms with E-state index in [2.05, 4.69) is 47.9 Å². The van der Waals surface area contributed by atoms with Gasteiger partial charge in [0, 0.05) is 25.6 Å². The highest BCUT2D eigenvalue weighted by Gasteiger charge is 2.16. The summed E-state index contributed by atoms with van der Waals surface area (Å²) >= 11 is 0. The van der Waals surface area contributed by atoms with Crippen molar-refractivity contribution in [3.63, 3.8) is 0 Å². The van der Waals surface area contributed by atoms with Gasteiger partial charge in [0.1, 0.15) is 17.9 Å². The van der Waals surface area contributed by atoms with Crippen molar-refractivity contribution >= 4 is 29.8 Å². The average molecular weight is 912 g/mol. The molecule has 1 aromatic rings. The van der Waals surface area contributed by atoms with Crippen LogP contribution in [0.3, 0.4) is 0 Å². The second-order valence-electron chi connectivity index (χ2n) is 19.4. The first kappa shape index (κ1) is 58.4. The van der Waals surface area contributed by atoms with Crippen molar-refractivity contribution in [1.29, 1.82) is 0 Å². The molecule has 2 heterocycles. The molecule has 1 atom stereocenters. The normalized spacial score (nSPS) is 13.0. The SMILES string of the molecule is CCCCCCCCC(CC)OC(=O)CCCCCCCN(CCCCCCCC(=O)OC(CCCCCCCC)CCCCCCCC)CCCNc1nc2c(c(=O)[nH]1)N=CCCC2. The fraction of sp³-hybridized carbons (Fsp3) is 0.873. The molecule has 376 valence electrons. The molecule has 0 fully saturated rings. The number of unbranched alkanes of at least 4 members (excludes halogenated alkanes) is 23. The highest BCUT2D eigenvalue weighted by molar-refractivity contribution is 5.70. The van der Waals surface area contributed by atoms with Crippen molar-refractivity contribution in [2.75, 3.05) is 31.5 Å². The fourth-order valence-corrected chi connectivity index (χ4v) is 9.09. The van der Waals surface area contributed by atoms with Crippen molar-refractivity contribution in [2.24, 2.45) is 4.99 Å². The van der Waals surface area contributed by atoms with Crippen LogP contribution in [-0.2, 0) is 25.5 Å². The van der Waals surface area contributed by atoms with Gasteiger partial charge < -0.3 is 19.7 Å². The minimum atomic E-state index is -0.170. The van der Waals surface area contributed by atoms with Crippen LogP contribution in [0.4, 0.5) is 11.6 Å². The Morgan fingerprint density at radius 2 is 1.05 bits per heavy atom. The van der Waals surface area contributed by atoms with E-state index in [0.29, 0.717) is 24.5 Å². The van der Waals surface area contributed by atoms with Crippen molar-refractivity contribution < 1.29 is 19.1 Å². The van der Waals surface area contributed by atoms with E-state index in [-0.39, 0.29) is 29.7 Å². The van der Waals surface area contributed by atoms with Gasteiger partial charge in [0.2, 0.25) is 5.95 Å². The van der Waals surface area contributed by atoms with Gasteiger partial charge >= 0.3 is 11.9 Å². The van der Waals surface area contributed by atoms with Crippen LogP contribution in [0, 0.1) is 0 Å². The number of rotatable bonds is 45. The van der Waals surface area contributed by atoms with Crippen LogP contribution in [0.2, 0.25) is 0 Å². The maximum Gasteiger partial charge on any atom is 0.306 e. The third-order valence-electron chi connectivity index (χ3n) is 13.3. The number of aromatic amines is 1. The third-order valence-corrected chi connectivity index (χ3v) is 13.3. The zero-order chi connectivity index (χ0) is 46.8. The summed E-state index contributed by atoms with van der Waals surface area (Å²) < 4.78 is 11.9. The first-order valence-electron chi connectivity index (χ1n) is 27.9. The molecular formula is C55H101N5O5. The molecule has 10 heteroatoms. The Bertz CT molecular complexity index is 1370. The van der Waals surface area contributed by atoms with Gasteiger partial charge in [-0.1, -0.05) is 163 Å². The zero-order valence-electron chi connectivity index (χ0n) is 42.8. The number of nitrogens with zero attached hydrogens (tertiary/aromatic N) is 3. The minimum Gasteiger partial charge on any atom is -0.462 e. The Kier molecular flexibility index (Phi) is 37.2. The van der Waals surface area contributed by atoms with Gasteiger partial charge in [-0.25, -0.2) is 4.98 Å². The highest BCUT2D eigenvalue weighted by atomic mass is 16.5. The summed E-state index contributed by atoms with van der Waals surface area (Å²) in [4.78, 5) is 52.7. The van der Waals surface area contributed by atoms with Crippen LogP contribution in [-0.4, -0.2) is 71.4 Å². The second kappa shape index (κ2) is 41.4. The zero-order valence-corrected chi connectivity index (χ0v) is 42.8. The molecular weight excluding hydrogens is 811 g/mol. The lowest BCUT2D eigenvalue weighted by atomic mass is 10.0. The maximum absolute atomic E-state index is 12.9. The molecule has 0 aliphatic carbocycles. The number of hydrogen-bond donors (Lipinski definition) is 2. The number of nitrogens with one attached hydrogen (secondary N) is 2. The lowest BCUT2D eigenvalue weighted by Gasteiger charge is -2.22. The Hall–Kier alpha value is -2.75. The highest BCUT2D eigenvalue weighted by Crippen LogP contribution is 2.21. The number of ether oxygens (including phenoxy) is 2. The lowest BCUT2D eigenvalue weighted by molar-refractivity contribution is -0.150. The summed E-state index contributed by atoms with van der Waals surface area (Å²) in [7, 11) is 0.